The van der Waals surface area contributed by atoms with Crippen molar-refractivity contribution in [3.8, 4) is 0 Å². The molecule has 1 aromatic rings. The number of hydrogen-bond acceptors (Lipinski definition) is 0. The summed E-state index contributed by atoms with van der Waals surface area (Å²) in [5, 5.41) is 0. The zero-order chi connectivity index (χ0) is 14.2. The maximum atomic E-state index is 2.81. The smallest absolute Gasteiger partial charge is 0.169 e. The lowest BCUT2D eigenvalue weighted by molar-refractivity contribution is 0.654. The molecule has 1 aromatic heterocycles. The molecule has 0 radical (unpaired) electrons. The molecule has 0 bridgehead atoms. The van der Waals surface area contributed by atoms with E-state index in [1.807, 2.05) is 0 Å². The fourth-order valence-electron chi connectivity index (χ4n) is 4.82. The van der Waals surface area contributed by atoms with Crippen LogP contribution in [0.3, 0.4) is 0 Å². The van der Waals surface area contributed by atoms with E-state index in [0.717, 1.165) is 16.6 Å². The predicted octanol–water partition coefficient (Wildman–Crippen LogP) is 5.39. The maximum absolute atomic E-state index is 2.81. The van der Waals surface area contributed by atoms with E-state index in [1.54, 1.807) is 11.3 Å². The topological polar surface area (TPSA) is 4.93 Å². The van der Waals surface area contributed by atoms with Crippen molar-refractivity contribution in [1.29, 1.82) is 0 Å². The summed E-state index contributed by atoms with van der Waals surface area (Å²) in [6.07, 6.45) is 7.83. The summed E-state index contributed by atoms with van der Waals surface area (Å²) in [6, 6.07) is 2.42. The molecule has 0 spiro atoms. The van der Waals surface area contributed by atoms with Gasteiger partial charge in [-0.2, -0.15) is 0 Å². The third-order valence-corrected chi connectivity index (χ3v) is 12.2. The molecule has 2 rings (SSSR count). The number of fused-ring (bicyclic) bond motifs is 1. The minimum atomic E-state index is -1.51. The van der Waals surface area contributed by atoms with Crippen molar-refractivity contribution < 1.29 is 0 Å². The quantitative estimate of drug-likeness (QED) is 0.650. The Kier molecular flexibility index (Phi) is 4.29. The van der Waals surface area contributed by atoms with E-state index in [-0.39, 0.29) is 0 Å². The highest BCUT2D eigenvalue weighted by atomic mass is 28.3. The zero-order valence-corrected chi connectivity index (χ0v) is 14.7. The maximum Gasteiger partial charge on any atom is 0.169 e. The number of aryl methyl sites for hydroxylation is 1. The van der Waals surface area contributed by atoms with Gasteiger partial charge >= 0.3 is 0 Å². The minimum absolute atomic E-state index is 0.797. The highest BCUT2D eigenvalue weighted by Crippen LogP contribution is 2.44. The van der Waals surface area contributed by atoms with E-state index >= 15 is 0 Å². The van der Waals surface area contributed by atoms with Crippen LogP contribution in [0.25, 0.3) is 0 Å². The Hall–Kier alpha value is -0.503. The molecule has 0 aromatic carbocycles. The molecule has 0 N–H and O–H groups in total. The van der Waals surface area contributed by atoms with Gasteiger partial charge in [0.25, 0.3) is 0 Å². The average Bonchev–Trinajstić information content (AvgIpc) is 2.73. The van der Waals surface area contributed by atoms with Crippen LogP contribution in [-0.4, -0.2) is 12.5 Å². The summed E-state index contributed by atoms with van der Waals surface area (Å²) in [5.41, 5.74) is 5.72. The summed E-state index contributed by atoms with van der Waals surface area (Å²) in [7, 11) is -1.51. The summed E-state index contributed by atoms with van der Waals surface area (Å²) >= 11 is 0. The lowest BCUT2D eigenvalue weighted by Crippen LogP contribution is -2.52. The van der Waals surface area contributed by atoms with Crippen LogP contribution in [0.15, 0.2) is 12.3 Å². The van der Waals surface area contributed by atoms with Crippen LogP contribution in [0.2, 0.25) is 16.6 Å². The number of rotatable bonds is 4. The van der Waals surface area contributed by atoms with Gasteiger partial charge in [0.2, 0.25) is 0 Å². The fraction of sp³-hybridized carbons (Fsp3) is 0.765. The number of hydrogen-bond donors (Lipinski definition) is 0. The van der Waals surface area contributed by atoms with Crippen molar-refractivity contribution in [2.24, 2.45) is 0 Å². The summed E-state index contributed by atoms with van der Waals surface area (Å²) in [5.74, 6) is 0. The number of aromatic nitrogens is 1. The van der Waals surface area contributed by atoms with E-state index in [0.29, 0.717) is 0 Å². The van der Waals surface area contributed by atoms with Gasteiger partial charge in [0, 0.05) is 5.69 Å². The largest absolute Gasteiger partial charge is 0.377 e. The zero-order valence-electron chi connectivity index (χ0n) is 13.7. The number of nitrogens with zero attached hydrogens (tertiary/aromatic N) is 1. The second kappa shape index (κ2) is 5.47. The first-order valence-corrected chi connectivity index (χ1v) is 10.3. The van der Waals surface area contributed by atoms with Crippen molar-refractivity contribution in [1.82, 2.24) is 4.23 Å². The Balaban J connectivity index is 2.58. The fourth-order valence-corrected chi connectivity index (χ4v) is 11.5. The molecule has 0 saturated heterocycles. The predicted molar refractivity (Wildman–Crippen MR) is 87.5 cm³/mol. The van der Waals surface area contributed by atoms with Crippen LogP contribution in [0.1, 0.15) is 65.6 Å². The lowest BCUT2D eigenvalue weighted by atomic mass is 9.98. The van der Waals surface area contributed by atoms with Crippen molar-refractivity contribution >= 4 is 8.24 Å². The summed E-state index contributed by atoms with van der Waals surface area (Å²) in [6.45, 7) is 14.8. The first-order valence-electron chi connectivity index (χ1n) is 8.11. The van der Waals surface area contributed by atoms with Crippen molar-refractivity contribution in [3.63, 3.8) is 0 Å². The molecule has 1 heterocycles. The van der Waals surface area contributed by atoms with Gasteiger partial charge in [-0.1, -0.05) is 41.5 Å². The lowest BCUT2D eigenvalue weighted by Gasteiger charge is -2.45. The van der Waals surface area contributed by atoms with E-state index < -0.39 is 8.24 Å². The van der Waals surface area contributed by atoms with Gasteiger partial charge in [-0.05, 0) is 60.1 Å². The van der Waals surface area contributed by atoms with Gasteiger partial charge in [0.15, 0.2) is 8.24 Å². The van der Waals surface area contributed by atoms with Crippen LogP contribution in [-0.2, 0) is 12.8 Å². The Morgan fingerprint density at radius 1 is 0.895 bits per heavy atom. The second-order valence-corrected chi connectivity index (χ2v) is 12.9. The Labute approximate surface area is 120 Å². The normalized spacial score (nSPS) is 16.5. The van der Waals surface area contributed by atoms with Gasteiger partial charge in [-0.15, -0.1) is 0 Å². The molecule has 0 unspecified atom stereocenters. The van der Waals surface area contributed by atoms with E-state index in [1.165, 1.54) is 25.7 Å². The SMILES string of the molecule is CC(C)[Si](C(C)C)(C(C)C)n1ccc2c1CCCC2. The average molecular weight is 278 g/mol. The molecule has 0 amide bonds. The molecule has 0 saturated carbocycles. The van der Waals surface area contributed by atoms with Crippen LogP contribution in [0.4, 0.5) is 0 Å². The van der Waals surface area contributed by atoms with Gasteiger partial charge in [-0.25, -0.2) is 0 Å². The third-order valence-electron chi connectivity index (χ3n) is 5.39. The van der Waals surface area contributed by atoms with Crippen LogP contribution in [0, 0.1) is 0 Å². The Bertz CT molecular complexity index is 407. The molecule has 1 aliphatic carbocycles. The van der Waals surface area contributed by atoms with Gasteiger partial charge in [0.1, 0.15) is 0 Å². The molecule has 0 fully saturated rings. The Morgan fingerprint density at radius 2 is 1.42 bits per heavy atom. The highest BCUT2D eigenvalue weighted by molar-refractivity contribution is 6.82. The molecule has 108 valence electrons. The summed E-state index contributed by atoms with van der Waals surface area (Å²) < 4.78 is 2.81. The second-order valence-electron chi connectivity index (χ2n) is 7.22. The molecule has 1 aliphatic rings. The Morgan fingerprint density at radius 3 is 1.95 bits per heavy atom. The highest BCUT2D eigenvalue weighted by Gasteiger charge is 2.46. The molecule has 1 nitrogen and oxygen atoms in total. The molecular formula is C17H31NSi. The van der Waals surface area contributed by atoms with Gasteiger partial charge in [0.05, 0.1) is 0 Å². The standard InChI is InChI=1S/C17H31NSi/c1-13(2)19(14(3)4,15(5)6)18-12-11-16-9-7-8-10-17(16)18/h11-15H,7-10H2,1-6H3. The van der Waals surface area contributed by atoms with Crippen molar-refractivity contribution in [2.75, 3.05) is 0 Å². The van der Waals surface area contributed by atoms with Crippen LogP contribution < -0.4 is 0 Å². The van der Waals surface area contributed by atoms with E-state index in [4.69, 9.17) is 0 Å². The van der Waals surface area contributed by atoms with Crippen molar-refractivity contribution in [2.45, 2.75) is 83.8 Å². The minimum Gasteiger partial charge on any atom is -0.377 e. The van der Waals surface area contributed by atoms with Gasteiger partial charge < -0.3 is 4.23 Å². The first kappa shape index (κ1) is 14.9. The molecule has 19 heavy (non-hydrogen) atoms. The first-order chi connectivity index (χ1) is 8.92. The van der Waals surface area contributed by atoms with Crippen LogP contribution >= 0.6 is 0 Å². The van der Waals surface area contributed by atoms with E-state index in [2.05, 4.69) is 58.0 Å². The molecule has 0 aliphatic heterocycles. The van der Waals surface area contributed by atoms with Gasteiger partial charge in [-0.3, -0.25) is 0 Å². The van der Waals surface area contributed by atoms with E-state index in [9.17, 15) is 0 Å². The van der Waals surface area contributed by atoms with Crippen molar-refractivity contribution in [3.05, 3.63) is 23.5 Å². The molecular weight excluding hydrogens is 246 g/mol. The third kappa shape index (κ3) is 2.22. The molecule has 0 atom stereocenters. The van der Waals surface area contributed by atoms with Crippen LogP contribution in [0.5, 0.6) is 0 Å². The monoisotopic (exact) mass is 277 g/mol. The summed E-state index contributed by atoms with van der Waals surface area (Å²) in [4.78, 5) is 0. The molecule has 2 heteroatoms.